The molecule has 0 spiro atoms. The maximum Gasteiger partial charge on any atom is 0.417 e. The summed E-state index contributed by atoms with van der Waals surface area (Å²) in [5.41, 5.74) is -1.33. The molecule has 1 saturated heterocycles. The second-order valence-corrected chi connectivity index (χ2v) is 5.40. The summed E-state index contributed by atoms with van der Waals surface area (Å²) < 4.78 is 39.1. The molecule has 1 N–H and O–H groups in total. The van der Waals surface area contributed by atoms with Crippen molar-refractivity contribution in [3.05, 3.63) is 29.3 Å². The third kappa shape index (κ3) is 3.49. The molecule has 0 aliphatic carbocycles. The summed E-state index contributed by atoms with van der Waals surface area (Å²) in [5.74, 6) is -1.08. The summed E-state index contributed by atoms with van der Waals surface area (Å²) in [6.07, 6.45) is -1.63. The molecule has 1 fully saturated rings. The van der Waals surface area contributed by atoms with Crippen LogP contribution in [-0.2, 0) is 6.18 Å². The molecule has 1 aliphatic rings. The first kappa shape index (κ1) is 15.7. The van der Waals surface area contributed by atoms with Crippen molar-refractivity contribution in [2.45, 2.75) is 32.4 Å². The fourth-order valence-corrected chi connectivity index (χ4v) is 2.78. The molecule has 0 saturated carbocycles. The SMILES string of the molecule is CCC1CCCN(c2ccc(C(=O)O)c(C(F)(F)F)c2)C1. The number of carboxylic acids is 1. The van der Waals surface area contributed by atoms with E-state index >= 15 is 0 Å². The van der Waals surface area contributed by atoms with E-state index in [0.717, 1.165) is 37.9 Å². The van der Waals surface area contributed by atoms with Crippen molar-refractivity contribution in [3.8, 4) is 0 Å². The van der Waals surface area contributed by atoms with Gasteiger partial charge in [-0.15, -0.1) is 0 Å². The van der Waals surface area contributed by atoms with Crippen molar-refractivity contribution in [1.29, 1.82) is 0 Å². The van der Waals surface area contributed by atoms with Crippen LogP contribution < -0.4 is 4.90 Å². The van der Waals surface area contributed by atoms with Gasteiger partial charge in [0.05, 0.1) is 11.1 Å². The molecule has 1 heterocycles. The lowest BCUT2D eigenvalue weighted by Crippen LogP contribution is -2.35. The van der Waals surface area contributed by atoms with Crippen LogP contribution in [0, 0.1) is 5.92 Å². The van der Waals surface area contributed by atoms with E-state index in [1.54, 1.807) is 0 Å². The van der Waals surface area contributed by atoms with E-state index in [1.165, 1.54) is 6.07 Å². The quantitative estimate of drug-likeness (QED) is 0.916. The van der Waals surface area contributed by atoms with Crippen molar-refractivity contribution < 1.29 is 23.1 Å². The second kappa shape index (κ2) is 5.95. The highest BCUT2D eigenvalue weighted by atomic mass is 19.4. The summed E-state index contributed by atoms with van der Waals surface area (Å²) in [6.45, 7) is 3.50. The zero-order chi connectivity index (χ0) is 15.6. The lowest BCUT2D eigenvalue weighted by Gasteiger charge is -2.34. The summed E-state index contributed by atoms with van der Waals surface area (Å²) in [6, 6.07) is 3.48. The van der Waals surface area contributed by atoms with Gasteiger partial charge in [-0.3, -0.25) is 0 Å². The minimum atomic E-state index is -4.66. The van der Waals surface area contributed by atoms with Crippen LogP contribution in [0.3, 0.4) is 0 Å². The minimum absolute atomic E-state index is 0.450. The van der Waals surface area contributed by atoms with E-state index in [2.05, 4.69) is 6.92 Å². The van der Waals surface area contributed by atoms with Crippen molar-refractivity contribution >= 4 is 11.7 Å². The van der Waals surface area contributed by atoms with Crippen molar-refractivity contribution in [1.82, 2.24) is 0 Å². The van der Waals surface area contributed by atoms with E-state index in [4.69, 9.17) is 5.11 Å². The smallest absolute Gasteiger partial charge is 0.417 e. The first-order valence-electron chi connectivity index (χ1n) is 7.02. The second-order valence-electron chi connectivity index (χ2n) is 5.40. The summed E-state index contributed by atoms with van der Waals surface area (Å²) in [4.78, 5) is 12.9. The van der Waals surface area contributed by atoms with E-state index < -0.39 is 23.3 Å². The van der Waals surface area contributed by atoms with E-state index in [-0.39, 0.29) is 0 Å². The third-order valence-electron chi connectivity index (χ3n) is 4.00. The van der Waals surface area contributed by atoms with E-state index in [9.17, 15) is 18.0 Å². The first-order valence-corrected chi connectivity index (χ1v) is 7.02. The Morgan fingerprint density at radius 2 is 2.14 bits per heavy atom. The minimum Gasteiger partial charge on any atom is -0.478 e. The van der Waals surface area contributed by atoms with Gasteiger partial charge in [-0.05, 0) is 37.0 Å². The standard InChI is InChI=1S/C15H18F3NO2/c1-2-10-4-3-7-19(9-10)11-5-6-12(14(20)21)13(8-11)15(16,17)18/h5-6,8,10H,2-4,7,9H2,1H3,(H,20,21). The number of carbonyl (C=O) groups is 1. The predicted molar refractivity (Wildman–Crippen MR) is 73.6 cm³/mol. The molecule has 0 aromatic heterocycles. The summed E-state index contributed by atoms with van der Waals surface area (Å²) in [5, 5.41) is 8.90. The Morgan fingerprint density at radius 3 is 2.71 bits per heavy atom. The van der Waals surface area contributed by atoms with Gasteiger partial charge >= 0.3 is 12.1 Å². The molecule has 0 bridgehead atoms. The zero-order valence-corrected chi connectivity index (χ0v) is 11.8. The largest absolute Gasteiger partial charge is 0.478 e. The summed E-state index contributed by atoms with van der Waals surface area (Å²) >= 11 is 0. The molecule has 1 aliphatic heterocycles. The molecule has 3 nitrogen and oxygen atoms in total. The number of carboxylic acid groups (broad SMARTS) is 1. The Bertz CT molecular complexity index is 528. The van der Waals surface area contributed by atoms with Gasteiger partial charge in [0.1, 0.15) is 0 Å². The normalized spacial score (nSPS) is 19.6. The number of rotatable bonds is 3. The molecule has 0 radical (unpaired) electrons. The summed E-state index contributed by atoms with van der Waals surface area (Å²) in [7, 11) is 0. The number of benzene rings is 1. The van der Waals surface area contributed by atoms with Gasteiger partial charge in [0, 0.05) is 18.8 Å². The Balaban J connectivity index is 2.35. The van der Waals surface area contributed by atoms with E-state index in [1.807, 2.05) is 4.90 Å². The van der Waals surface area contributed by atoms with Crippen LogP contribution in [0.25, 0.3) is 0 Å². The average molecular weight is 301 g/mol. The van der Waals surface area contributed by atoms with Gasteiger partial charge in [-0.25, -0.2) is 4.79 Å². The highest BCUT2D eigenvalue weighted by Crippen LogP contribution is 2.35. The fourth-order valence-electron chi connectivity index (χ4n) is 2.78. The lowest BCUT2D eigenvalue weighted by molar-refractivity contribution is -0.138. The van der Waals surface area contributed by atoms with Gasteiger partial charge < -0.3 is 10.0 Å². The number of hydrogen-bond acceptors (Lipinski definition) is 2. The van der Waals surface area contributed by atoms with Gasteiger partial charge in [0.25, 0.3) is 0 Å². The van der Waals surface area contributed by atoms with Crippen LogP contribution >= 0.6 is 0 Å². The predicted octanol–water partition coefficient (Wildman–Crippen LogP) is 4.03. The average Bonchev–Trinajstić information content (AvgIpc) is 2.45. The van der Waals surface area contributed by atoms with Crippen LogP contribution in [-0.4, -0.2) is 24.2 Å². The highest BCUT2D eigenvalue weighted by Gasteiger charge is 2.36. The van der Waals surface area contributed by atoms with Crippen molar-refractivity contribution in [3.63, 3.8) is 0 Å². The van der Waals surface area contributed by atoms with Gasteiger partial charge in [0.2, 0.25) is 0 Å². The zero-order valence-electron chi connectivity index (χ0n) is 11.8. The molecular formula is C15H18F3NO2. The van der Waals surface area contributed by atoms with Crippen molar-refractivity contribution in [2.75, 3.05) is 18.0 Å². The molecule has 1 atom stereocenters. The van der Waals surface area contributed by atoms with Gasteiger partial charge in [-0.1, -0.05) is 13.3 Å². The topological polar surface area (TPSA) is 40.5 Å². The maximum absolute atomic E-state index is 13.0. The molecule has 21 heavy (non-hydrogen) atoms. The lowest BCUT2D eigenvalue weighted by atomic mass is 9.95. The first-order chi connectivity index (χ1) is 9.82. The van der Waals surface area contributed by atoms with Crippen LogP contribution in [0.1, 0.15) is 42.1 Å². The number of nitrogens with zero attached hydrogens (tertiary/aromatic N) is 1. The molecule has 1 aromatic carbocycles. The molecule has 1 aromatic rings. The fraction of sp³-hybridized carbons (Fsp3) is 0.533. The molecule has 2 rings (SSSR count). The molecular weight excluding hydrogens is 283 g/mol. The number of piperidine rings is 1. The molecule has 116 valence electrons. The maximum atomic E-state index is 13.0. The van der Waals surface area contributed by atoms with Gasteiger partial charge in [0.15, 0.2) is 0 Å². The van der Waals surface area contributed by atoms with Crippen LogP contribution in [0.4, 0.5) is 18.9 Å². The van der Waals surface area contributed by atoms with E-state index in [0.29, 0.717) is 18.2 Å². The molecule has 0 amide bonds. The number of anilines is 1. The number of hydrogen-bond donors (Lipinski definition) is 1. The molecule has 6 heteroatoms. The Morgan fingerprint density at radius 1 is 1.43 bits per heavy atom. The van der Waals surface area contributed by atoms with Crippen LogP contribution in [0.2, 0.25) is 0 Å². The number of alkyl halides is 3. The third-order valence-corrected chi connectivity index (χ3v) is 4.00. The molecule has 1 unspecified atom stereocenters. The monoisotopic (exact) mass is 301 g/mol. The van der Waals surface area contributed by atoms with Crippen molar-refractivity contribution in [2.24, 2.45) is 5.92 Å². The Hall–Kier alpha value is -1.72. The Kier molecular flexibility index (Phi) is 4.44. The van der Waals surface area contributed by atoms with Crippen LogP contribution in [0.5, 0.6) is 0 Å². The number of halogens is 3. The van der Waals surface area contributed by atoms with Crippen LogP contribution in [0.15, 0.2) is 18.2 Å². The Labute approximate surface area is 121 Å². The van der Waals surface area contributed by atoms with Gasteiger partial charge in [-0.2, -0.15) is 13.2 Å². The highest BCUT2D eigenvalue weighted by molar-refractivity contribution is 5.90. The number of aromatic carboxylic acids is 1.